The molecule has 0 saturated carbocycles. The van der Waals surface area contributed by atoms with Gasteiger partial charge in [0.2, 0.25) is 0 Å². The minimum atomic E-state index is 0. The fourth-order valence-electron chi connectivity index (χ4n) is 3.09. The molecule has 8 heteroatoms. The van der Waals surface area contributed by atoms with Crippen molar-refractivity contribution < 1.29 is 4.74 Å². The summed E-state index contributed by atoms with van der Waals surface area (Å²) >= 11 is 0. The maximum Gasteiger partial charge on any atom is 0.191 e. The van der Waals surface area contributed by atoms with Crippen LogP contribution in [0.2, 0.25) is 0 Å². The van der Waals surface area contributed by atoms with Crippen LogP contribution in [0.3, 0.4) is 0 Å². The summed E-state index contributed by atoms with van der Waals surface area (Å²) in [7, 11) is 3.63. The first kappa shape index (κ1) is 24.6. The van der Waals surface area contributed by atoms with Crippen LogP contribution in [0.5, 0.6) is 5.75 Å². The van der Waals surface area contributed by atoms with Crippen molar-refractivity contribution in [3.05, 3.63) is 77.9 Å². The van der Waals surface area contributed by atoms with E-state index in [1.165, 1.54) is 11.1 Å². The van der Waals surface area contributed by atoms with Crippen LogP contribution in [0, 0.1) is 0 Å². The van der Waals surface area contributed by atoms with E-state index < -0.39 is 0 Å². The van der Waals surface area contributed by atoms with Gasteiger partial charge in [-0.2, -0.15) is 5.10 Å². The molecule has 0 amide bonds. The number of hydrogen-bond donors (Lipinski definition) is 2. The molecule has 7 nitrogen and oxygen atoms in total. The van der Waals surface area contributed by atoms with Crippen molar-refractivity contribution in [1.29, 1.82) is 0 Å². The number of benzene rings is 2. The summed E-state index contributed by atoms with van der Waals surface area (Å²) in [4.78, 5) is 8.45. The second-order valence-corrected chi connectivity index (χ2v) is 6.99. The Bertz CT molecular complexity index is 929. The van der Waals surface area contributed by atoms with Crippen LogP contribution in [-0.4, -0.2) is 40.9 Å². The second-order valence-electron chi connectivity index (χ2n) is 6.99. The van der Waals surface area contributed by atoms with Gasteiger partial charge in [-0.3, -0.25) is 9.67 Å². The molecule has 3 rings (SSSR count). The van der Waals surface area contributed by atoms with Gasteiger partial charge in [0.1, 0.15) is 17.9 Å². The standard InChI is InChI=1S/C23H30N6O.HI/c1-24-23(26-17-22-27-18-28-29(22)2)25-14-13-20-10-6-12-21(16-20)30-15-7-11-19-8-4-3-5-9-19;/h3-6,8-10,12,16,18H,7,11,13-15,17H2,1-2H3,(H2,24,25,26);1H. The van der Waals surface area contributed by atoms with E-state index in [4.69, 9.17) is 4.74 Å². The van der Waals surface area contributed by atoms with E-state index in [-0.39, 0.29) is 24.0 Å². The summed E-state index contributed by atoms with van der Waals surface area (Å²) in [5, 5.41) is 10.6. The summed E-state index contributed by atoms with van der Waals surface area (Å²) in [5.74, 6) is 2.52. The molecule has 166 valence electrons. The van der Waals surface area contributed by atoms with Crippen LogP contribution >= 0.6 is 24.0 Å². The minimum Gasteiger partial charge on any atom is -0.494 e. The van der Waals surface area contributed by atoms with Crippen LogP contribution in [0.15, 0.2) is 65.9 Å². The summed E-state index contributed by atoms with van der Waals surface area (Å²) in [5.41, 5.74) is 2.58. The molecular weight excluding hydrogens is 503 g/mol. The van der Waals surface area contributed by atoms with Crippen molar-refractivity contribution in [2.45, 2.75) is 25.8 Å². The summed E-state index contributed by atoms with van der Waals surface area (Å²) in [6, 6.07) is 18.8. The Hall–Kier alpha value is -2.62. The monoisotopic (exact) mass is 534 g/mol. The summed E-state index contributed by atoms with van der Waals surface area (Å²) in [6.07, 6.45) is 4.46. The van der Waals surface area contributed by atoms with Crippen LogP contribution in [0.25, 0.3) is 0 Å². The van der Waals surface area contributed by atoms with Crippen molar-refractivity contribution in [3.8, 4) is 5.75 Å². The van der Waals surface area contributed by atoms with Gasteiger partial charge >= 0.3 is 0 Å². The Kier molecular flexibility index (Phi) is 10.8. The van der Waals surface area contributed by atoms with E-state index in [2.05, 4.69) is 62.1 Å². The van der Waals surface area contributed by atoms with Crippen molar-refractivity contribution in [2.24, 2.45) is 12.0 Å². The minimum absolute atomic E-state index is 0. The van der Waals surface area contributed by atoms with E-state index in [1.807, 2.05) is 25.2 Å². The van der Waals surface area contributed by atoms with Crippen LogP contribution in [0.4, 0.5) is 0 Å². The first-order chi connectivity index (χ1) is 14.7. The second kappa shape index (κ2) is 13.6. The zero-order valence-corrected chi connectivity index (χ0v) is 20.5. The van der Waals surface area contributed by atoms with Gasteiger partial charge in [0.05, 0.1) is 13.2 Å². The van der Waals surface area contributed by atoms with E-state index >= 15 is 0 Å². The van der Waals surface area contributed by atoms with Crippen molar-refractivity contribution in [1.82, 2.24) is 25.4 Å². The first-order valence-corrected chi connectivity index (χ1v) is 10.3. The predicted molar refractivity (Wildman–Crippen MR) is 135 cm³/mol. The van der Waals surface area contributed by atoms with Gasteiger partial charge in [-0.05, 0) is 42.5 Å². The summed E-state index contributed by atoms with van der Waals surface area (Å²) in [6.45, 7) is 2.06. The first-order valence-electron chi connectivity index (χ1n) is 10.3. The molecule has 2 aromatic carbocycles. The average Bonchev–Trinajstić information content (AvgIpc) is 3.19. The topological polar surface area (TPSA) is 76.4 Å². The maximum atomic E-state index is 5.94. The highest BCUT2D eigenvalue weighted by Crippen LogP contribution is 2.14. The van der Waals surface area contributed by atoms with E-state index in [1.54, 1.807) is 18.1 Å². The number of halogens is 1. The molecule has 2 N–H and O–H groups in total. The van der Waals surface area contributed by atoms with E-state index in [9.17, 15) is 0 Å². The molecule has 0 spiro atoms. The third kappa shape index (κ3) is 8.56. The molecule has 0 saturated heterocycles. The lowest BCUT2D eigenvalue weighted by atomic mass is 10.1. The highest BCUT2D eigenvalue weighted by atomic mass is 127. The van der Waals surface area contributed by atoms with Crippen molar-refractivity contribution in [2.75, 3.05) is 20.2 Å². The summed E-state index contributed by atoms with van der Waals surface area (Å²) < 4.78 is 7.68. The maximum absolute atomic E-state index is 5.94. The molecule has 0 aliphatic rings. The zero-order chi connectivity index (χ0) is 21.0. The lowest BCUT2D eigenvalue weighted by Gasteiger charge is -2.12. The lowest BCUT2D eigenvalue weighted by Crippen LogP contribution is -2.38. The van der Waals surface area contributed by atoms with Gasteiger partial charge in [0, 0.05) is 20.6 Å². The molecule has 3 aromatic rings. The number of hydrogen-bond acceptors (Lipinski definition) is 4. The number of aryl methyl sites for hydroxylation is 2. The van der Waals surface area contributed by atoms with Crippen LogP contribution in [-0.2, 0) is 26.4 Å². The lowest BCUT2D eigenvalue weighted by molar-refractivity contribution is 0.310. The number of guanidine groups is 1. The molecule has 0 atom stereocenters. The molecule has 0 radical (unpaired) electrons. The number of aromatic nitrogens is 3. The Balaban J connectivity index is 0.00000341. The predicted octanol–water partition coefficient (Wildman–Crippen LogP) is 3.35. The Morgan fingerprint density at radius 1 is 1.03 bits per heavy atom. The fraction of sp³-hybridized carbons (Fsp3) is 0.348. The van der Waals surface area contributed by atoms with Gasteiger partial charge in [0.25, 0.3) is 0 Å². The third-order valence-electron chi connectivity index (χ3n) is 4.77. The number of nitrogens with zero attached hydrogens (tertiary/aromatic N) is 4. The van der Waals surface area contributed by atoms with Gasteiger partial charge in [-0.25, -0.2) is 4.98 Å². The number of ether oxygens (including phenoxy) is 1. The normalized spacial score (nSPS) is 11.0. The van der Waals surface area contributed by atoms with E-state index in [0.717, 1.165) is 49.9 Å². The highest BCUT2D eigenvalue weighted by molar-refractivity contribution is 14.0. The molecular formula is C23H31IN6O. The van der Waals surface area contributed by atoms with E-state index in [0.29, 0.717) is 6.54 Å². The molecule has 1 aromatic heterocycles. The van der Waals surface area contributed by atoms with Crippen LogP contribution in [0.1, 0.15) is 23.4 Å². The number of rotatable bonds is 10. The molecule has 0 aliphatic heterocycles. The smallest absolute Gasteiger partial charge is 0.191 e. The molecule has 1 heterocycles. The highest BCUT2D eigenvalue weighted by Gasteiger charge is 2.03. The van der Waals surface area contributed by atoms with Gasteiger partial charge < -0.3 is 15.4 Å². The Morgan fingerprint density at radius 2 is 1.84 bits per heavy atom. The molecule has 0 unspecified atom stereocenters. The largest absolute Gasteiger partial charge is 0.494 e. The van der Waals surface area contributed by atoms with Crippen molar-refractivity contribution >= 4 is 29.9 Å². The molecule has 0 aliphatic carbocycles. The molecule has 0 bridgehead atoms. The van der Waals surface area contributed by atoms with Crippen LogP contribution < -0.4 is 15.4 Å². The molecule has 31 heavy (non-hydrogen) atoms. The van der Waals surface area contributed by atoms with Gasteiger partial charge in [0.15, 0.2) is 5.96 Å². The van der Waals surface area contributed by atoms with Gasteiger partial charge in [-0.1, -0.05) is 42.5 Å². The Labute approximate surface area is 201 Å². The number of nitrogens with one attached hydrogen (secondary N) is 2. The van der Waals surface area contributed by atoms with Crippen molar-refractivity contribution in [3.63, 3.8) is 0 Å². The van der Waals surface area contributed by atoms with Gasteiger partial charge in [-0.15, -0.1) is 24.0 Å². The zero-order valence-electron chi connectivity index (χ0n) is 18.1. The number of aliphatic imine (C=N–C) groups is 1. The third-order valence-corrected chi connectivity index (χ3v) is 4.77. The Morgan fingerprint density at radius 3 is 2.58 bits per heavy atom. The average molecular weight is 534 g/mol. The SMILES string of the molecule is CN=C(NCCc1cccc(OCCCc2ccccc2)c1)NCc1ncnn1C.I. The fourth-order valence-corrected chi connectivity index (χ4v) is 3.09. The quantitative estimate of drug-likeness (QED) is 0.181. The molecule has 0 fully saturated rings.